The maximum atomic E-state index is 12.9. The minimum Gasteiger partial charge on any atom is -0.493 e. The molecular weight excluding hydrogens is 794 g/mol. The number of anilines is 3. The van der Waals surface area contributed by atoms with Crippen LogP contribution in [0.15, 0.2) is 97.5 Å². The second-order valence-electron chi connectivity index (χ2n) is 15.7. The molecule has 2 fully saturated rings. The number of carbonyl (C=O) groups excluding carboxylic acids is 3. The molecule has 3 aromatic carbocycles. The lowest BCUT2D eigenvalue weighted by Gasteiger charge is -2.34. The Morgan fingerprint density at radius 1 is 0.852 bits per heavy atom. The molecule has 0 spiro atoms. The molecule has 3 aliphatic heterocycles. The van der Waals surface area contributed by atoms with E-state index in [2.05, 4.69) is 60.0 Å². The zero-order valence-corrected chi connectivity index (χ0v) is 34.7. The molecule has 2 aromatic heterocycles. The van der Waals surface area contributed by atoms with Crippen LogP contribution >= 0.6 is 11.6 Å². The number of imide groups is 1. The lowest BCUT2D eigenvalue weighted by atomic mass is 10.0. The van der Waals surface area contributed by atoms with Crippen molar-refractivity contribution >= 4 is 46.6 Å². The van der Waals surface area contributed by atoms with Gasteiger partial charge in [-0.3, -0.25) is 29.6 Å². The number of unbranched alkanes of at least 4 members (excludes halogenated alkanes) is 1. The molecule has 2 unspecified atom stereocenters. The Kier molecular flexibility index (Phi) is 13.6. The number of rotatable bonds is 16. The number of carbonyl (C=O) groups is 3. The molecule has 2 saturated heterocycles. The monoisotopic (exact) mass is 843 g/mol. The van der Waals surface area contributed by atoms with Crippen LogP contribution in [0.4, 0.5) is 17.3 Å². The third-order valence-electron chi connectivity index (χ3n) is 11.4. The molecular formula is C46H50ClN9O5. The Labute approximate surface area is 360 Å². The van der Waals surface area contributed by atoms with Crippen LogP contribution in [-0.4, -0.2) is 104 Å². The highest BCUT2D eigenvalue weighted by Crippen LogP contribution is 2.40. The maximum Gasteiger partial charge on any atom is 0.244 e. The van der Waals surface area contributed by atoms with Gasteiger partial charge in [-0.1, -0.05) is 72.3 Å². The average molecular weight is 844 g/mol. The van der Waals surface area contributed by atoms with Crippen LogP contribution in [0.3, 0.4) is 0 Å². The zero-order valence-electron chi connectivity index (χ0n) is 33.9. The molecule has 316 valence electrons. The van der Waals surface area contributed by atoms with Crippen molar-refractivity contribution in [3.8, 4) is 28.1 Å². The smallest absolute Gasteiger partial charge is 0.244 e. The Hall–Kier alpha value is -5.77. The second-order valence-corrected chi connectivity index (χ2v) is 16.1. The SMILES string of the molecule is O=C1CCC(N2Cc3c(OCCCN4CCN(CCCCC(=O)Nc5cncc(Nc6ncc(Cl)c(-c7cccc(-c8ccccc8)c7)n6)c5)CC4)cccc3C2O)C(=O)N1. The summed E-state index contributed by atoms with van der Waals surface area (Å²) in [6.45, 7) is 6.75. The number of fused-ring (bicyclic) bond motifs is 1. The summed E-state index contributed by atoms with van der Waals surface area (Å²) in [5.41, 5.74) is 6.51. The number of nitrogens with one attached hydrogen (secondary N) is 3. The number of aromatic nitrogens is 3. The fourth-order valence-corrected chi connectivity index (χ4v) is 8.42. The minimum atomic E-state index is -0.913. The second kappa shape index (κ2) is 19.7. The van der Waals surface area contributed by atoms with Crippen molar-refractivity contribution < 1.29 is 24.2 Å². The van der Waals surface area contributed by atoms with Crippen LogP contribution in [0.25, 0.3) is 22.4 Å². The summed E-state index contributed by atoms with van der Waals surface area (Å²) in [5.74, 6) is 0.402. The van der Waals surface area contributed by atoms with Gasteiger partial charge in [0.1, 0.15) is 12.0 Å². The summed E-state index contributed by atoms with van der Waals surface area (Å²) in [7, 11) is 0. The van der Waals surface area contributed by atoms with Gasteiger partial charge in [-0.15, -0.1) is 0 Å². The lowest BCUT2D eigenvalue weighted by Crippen LogP contribution is -2.51. The molecule has 61 heavy (non-hydrogen) atoms. The van der Waals surface area contributed by atoms with E-state index in [0.29, 0.717) is 54.0 Å². The predicted octanol–water partition coefficient (Wildman–Crippen LogP) is 6.41. The molecule has 5 heterocycles. The number of nitrogens with zero attached hydrogens (tertiary/aromatic N) is 6. The molecule has 0 aliphatic carbocycles. The molecule has 0 saturated carbocycles. The number of amides is 3. The van der Waals surface area contributed by atoms with Gasteiger partial charge in [0, 0.05) is 68.8 Å². The summed E-state index contributed by atoms with van der Waals surface area (Å²) < 4.78 is 6.20. The van der Waals surface area contributed by atoms with E-state index in [4.69, 9.17) is 21.3 Å². The standard InChI is InChI=1S/C46H50ClN9O5/c47-38-29-49-46(53-43(38)33-12-6-11-32(25-33)31-9-2-1-3-10-31)51-35-26-34(27-48-28-35)50-41(57)15-4-5-18-54-20-22-55(23-21-54)19-8-24-61-40-14-7-13-36-37(40)30-56(45(36)60)39-16-17-42(58)52-44(39)59/h1-3,6-7,9-14,25-29,39,45,60H,4-5,8,15-24,30H2,(H,50,57)(H,49,51,53)(H,52,58,59). The Balaban J connectivity index is 0.722. The number of pyridine rings is 1. The van der Waals surface area contributed by atoms with Crippen molar-refractivity contribution in [1.29, 1.82) is 0 Å². The highest BCUT2D eigenvalue weighted by Gasteiger charge is 2.40. The number of hydrogen-bond acceptors (Lipinski definition) is 12. The van der Waals surface area contributed by atoms with E-state index in [0.717, 1.165) is 92.1 Å². The Morgan fingerprint density at radius 2 is 1.59 bits per heavy atom. The number of hydrogen-bond donors (Lipinski definition) is 4. The summed E-state index contributed by atoms with van der Waals surface area (Å²) in [5, 5.41) is 20.0. The Bertz CT molecular complexity index is 2340. The summed E-state index contributed by atoms with van der Waals surface area (Å²) in [4.78, 5) is 57.0. The topological polar surface area (TPSA) is 165 Å². The van der Waals surface area contributed by atoms with Gasteiger partial charge in [-0.25, -0.2) is 9.97 Å². The third kappa shape index (κ3) is 10.6. The first-order valence-electron chi connectivity index (χ1n) is 20.9. The maximum absolute atomic E-state index is 12.9. The molecule has 4 N–H and O–H groups in total. The summed E-state index contributed by atoms with van der Waals surface area (Å²) >= 11 is 6.55. The third-order valence-corrected chi connectivity index (χ3v) is 11.7. The fraction of sp³-hybridized carbons (Fsp3) is 0.348. The van der Waals surface area contributed by atoms with Crippen molar-refractivity contribution in [2.75, 3.05) is 56.5 Å². The van der Waals surface area contributed by atoms with Crippen molar-refractivity contribution in [3.05, 3.63) is 114 Å². The van der Waals surface area contributed by atoms with Crippen molar-refractivity contribution in [3.63, 3.8) is 0 Å². The fourth-order valence-electron chi connectivity index (χ4n) is 8.22. The van der Waals surface area contributed by atoms with Gasteiger partial charge >= 0.3 is 0 Å². The van der Waals surface area contributed by atoms with E-state index in [-0.39, 0.29) is 24.1 Å². The van der Waals surface area contributed by atoms with Crippen LogP contribution in [0.2, 0.25) is 5.02 Å². The summed E-state index contributed by atoms with van der Waals surface area (Å²) in [6, 6.07) is 25.1. The molecule has 3 amide bonds. The number of aliphatic hydroxyl groups excluding tert-OH is 1. The van der Waals surface area contributed by atoms with Crippen LogP contribution in [0.5, 0.6) is 5.75 Å². The number of ether oxygens (including phenoxy) is 1. The van der Waals surface area contributed by atoms with Crippen molar-refractivity contribution in [2.24, 2.45) is 0 Å². The zero-order chi connectivity index (χ0) is 42.1. The van der Waals surface area contributed by atoms with Gasteiger partial charge in [0.15, 0.2) is 0 Å². The molecule has 0 bridgehead atoms. The van der Waals surface area contributed by atoms with Gasteiger partial charge in [0.2, 0.25) is 23.7 Å². The normalized spacial score (nSPS) is 18.4. The van der Waals surface area contributed by atoms with Gasteiger partial charge in [-0.05, 0) is 61.6 Å². The average Bonchev–Trinajstić information content (AvgIpc) is 3.61. The summed E-state index contributed by atoms with van der Waals surface area (Å²) in [6.07, 6.45) is 7.59. The largest absolute Gasteiger partial charge is 0.493 e. The van der Waals surface area contributed by atoms with Crippen LogP contribution in [-0.2, 0) is 20.9 Å². The first kappa shape index (κ1) is 41.9. The van der Waals surface area contributed by atoms with Gasteiger partial charge < -0.3 is 30.3 Å². The van der Waals surface area contributed by atoms with Crippen LogP contribution in [0.1, 0.15) is 55.9 Å². The highest BCUT2D eigenvalue weighted by molar-refractivity contribution is 6.33. The predicted molar refractivity (Wildman–Crippen MR) is 234 cm³/mol. The molecule has 3 aliphatic rings. The molecule has 8 rings (SSSR count). The first-order chi connectivity index (χ1) is 29.8. The number of benzene rings is 3. The Morgan fingerprint density at radius 3 is 2.39 bits per heavy atom. The number of piperidine rings is 1. The van der Waals surface area contributed by atoms with E-state index in [1.807, 2.05) is 54.6 Å². The number of aliphatic hydroxyl groups is 1. The lowest BCUT2D eigenvalue weighted by molar-refractivity contribution is -0.141. The molecule has 5 aromatic rings. The number of halogens is 1. The van der Waals surface area contributed by atoms with E-state index >= 15 is 0 Å². The van der Waals surface area contributed by atoms with E-state index in [1.54, 1.807) is 23.5 Å². The van der Waals surface area contributed by atoms with Crippen LogP contribution in [0, 0.1) is 0 Å². The van der Waals surface area contributed by atoms with E-state index in [1.165, 1.54) is 0 Å². The highest BCUT2D eigenvalue weighted by atomic mass is 35.5. The quantitative estimate of drug-likeness (QED) is 0.0639. The van der Waals surface area contributed by atoms with Crippen molar-refractivity contribution in [2.45, 2.75) is 57.3 Å². The molecule has 2 atom stereocenters. The van der Waals surface area contributed by atoms with Gasteiger partial charge in [0.25, 0.3) is 0 Å². The van der Waals surface area contributed by atoms with Gasteiger partial charge in [-0.2, -0.15) is 0 Å². The molecule has 0 radical (unpaired) electrons. The van der Waals surface area contributed by atoms with Gasteiger partial charge in [0.05, 0.1) is 53.3 Å². The van der Waals surface area contributed by atoms with E-state index < -0.39 is 12.3 Å². The molecule has 14 nitrogen and oxygen atoms in total. The van der Waals surface area contributed by atoms with E-state index in [9.17, 15) is 19.5 Å². The molecule has 15 heteroatoms. The minimum absolute atomic E-state index is 0.0578. The van der Waals surface area contributed by atoms with Crippen LogP contribution < -0.4 is 20.7 Å². The number of piperazine rings is 1. The first-order valence-corrected chi connectivity index (χ1v) is 21.3. The van der Waals surface area contributed by atoms with Crippen molar-refractivity contribution in [1.82, 2.24) is 35.0 Å².